The van der Waals surface area contributed by atoms with Crippen molar-refractivity contribution in [2.75, 3.05) is 32.5 Å². The maximum Gasteiger partial charge on any atom is 0.260 e. The Morgan fingerprint density at radius 1 is 1.17 bits per heavy atom. The van der Waals surface area contributed by atoms with Gasteiger partial charge in [0.15, 0.2) is 6.61 Å². The molecule has 0 aliphatic carbocycles. The fourth-order valence-electron chi connectivity index (χ4n) is 3.92. The molecule has 6 nitrogen and oxygen atoms in total. The van der Waals surface area contributed by atoms with E-state index < -0.39 is 15.6 Å². The van der Waals surface area contributed by atoms with Crippen LogP contribution in [0.3, 0.4) is 0 Å². The van der Waals surface area contributed by atoms with E-state index in [1.54, 1.807) is 9.21 Å². The highest BCUT2D eigenvalue weighted by Gasteiger charge is 2.48. The number of carbonyl (C=O) groups is 1. The quantitative estimate of drug-likeness (QED) is 0.823. The summed E-state index contributed by atoms with van der Waals surface area (Å²) in [6.45, 7) is 1.67. The highest BCUT2D eigenvalue weighted by molar-refractivity contribution is 7.88. The first-order valence-electron chi connectivity index (χ1n) is 8.34. The Balaban J connectivity index is 1.66. The third-order valence-electron chi connectivity index (χ3n) is 4.95. The number of ether oxygens (including phenoxy) is 1. The molecule has 24 heavy (non-hydrogen) atoms. The molecular weight excluding hydrogens is 328 g/mol. The lowest BCUT2D eigenvalue weighted by Crippen LogP contribution is -2.58. The van der Waals surface area contributed by atoms with Crippen LogP contribution in [0, 0.1) is 0 Å². The fraction of sp³-hybridized carbons (Fsp3) is 0.588. The van der Waals surface area contributed by atoms with Crippen LogP contribution in [-0.2, 0) is 14.8 Å². The number of likely N-dealkylation sites (tertiary alicyclic amines) is 1. The van der Waals surface area contributed by atoms with E-state index in [4.69, 9.17) is 4.74 Å². The Hall–Kier alpha value is -1.60. The van der Waals surface area contributed by atoms with Gasteiger partial charge in [0, 0.05) is 19.6 Å². The SMILES string of the molecule is CS(=O)(=O)N1CCC[C@@]12CCCN(C(=O)COc1ccccc1)C2. The number of benzene rings is 1. The van der Waals surface area contributed by atoms with E-state index in [-0.39, 0.29) is 12.5 Å². The van der Waals surface area contributed by atoms with Gasteiger partial charge in [-0.15, -0.1) is 0 Å². The molecule has 2 aliphatic rings. The molecule has 1 aromatic carbocycles. The average Bonchev–Trinajstić information content (AvgIpc) is 2.96. The van der Waals surface area contributed by atoms with Crippen LogP contribution in [0.4, 0.5) is 0 Å². The van der Waals surface area contributed by atoms with E-state index in [0.29, 0.717) is 25.4 Å². The molecule has 0 aromatic heterocycles. The van der Waals surface area contributed by atoms with E-state index in [1.165, 1.54) is 6.26 Å². The number of piperidine rings is 1. The van der Waals surface area contributed by atoms with Crippen molar-refractivity contribution in [2.24, 2.45) is 0 Å². The van der Waals surface area contributed by atoms with E-state index in [2.05, 4.69) is 0 Å². The van der Waals surface area contributed by atoms with E-state index in [9.17, 15) is 13.2 Å². The predicted molar refractivity (Wildman–Crippen MR) is 91.3 cm³/mol. The summed E-state index contributed by atoms with van der Waals surface area (Å²) >= 11 is 0. The Kier molecular flexibility index (Phi) is 4.83. The van der Waals surface area contributed by atoms with Crippen LogP contribution in [0.1, 0.15) is 25.7 Å². The highest BCUT2D eigenvalue weighted by atomic mass is 32.2. The Morgan fingerprint density at radius 3 is 2.50 bits per heavy atom. The Morgan fingerprint density at radius 2 is 1.83 bits per heavy atom. The maximum atomic E-state index is 12.5. The van der Waals surface area contributed by atoms with Crippen LogP contribution >= 0.6 is 0 Å². The molecule has 0 unspecified atom stereocenters. The van der Waals surface area contributed by atoms with Crippen LogP contribution in [0.2, 0.25) is 0 Å². The summed E-state index contributed by atoms with van der Waals surface area (Å²) in [5.74, 6) is 0.578. The van der Waals surface area contributed by atoms with Crippen LogP contribution < -0.4 is 4.74 Å². The second-order valence-electron chi connectivity index (χ2n) is 6.68. The van der Waals surface area contributed by atoms with Crippen molar-refractivity contribution in [3.8, 4) is 5.75 Å². The zero-order chi connectivity index (χ0) is 17.2. The van der Waals surface area contributed by atoms with Crippen molar-refractivity contribution in [2.45, 2.75) is 31.2 Å². The van der Waals surface area contributed by atoms with Crippen molar-refractivity contribution < 1.29 is 17.9 Å². The molecule has 2 aliphatic heterocycles. The standard InChI is InChI=1S/C17H24N2O4S/c1-24(21,22)19-12-6-10-17(19)9-5-11-18(14-17)16(20)13-23-15-7-3-2-4-8-15/h2-4,7-8H,5-6,9-14H2,1H3/t17-/m1/s1. The zero-order valence-corrected chi connectivity index (χ0v) is 14.8. The minimum Gasteiger partial charge on any atom is -0.484 e. The minimum absolute atomic E-state index is 0.0149. The summed E-state index contributed by atoms with van der Waals surface area (Å²) in [5, 5.41) is 0. The molecule has 1 spiro atoms. The normalized spacial score (nSPS) is 25.1. The number of para-hydroxylation sites is 1. The van der Waals surface area contributed by atoms with Gasteiger partial charge in [0.05, 0.1) is 11.8 Å². The summed E-state index contributed by atoms with van der Waals surface area (Å²) in [7, 11) is -3.25. The van der Waals surface area contributed by atoms with Crippen molar-refractivity contribution >= 4 is 15.9 Å². The van der Waals surface area contributed by atoms with Crippen LogP contribution in [0.25, 0.3) is 0 Å². The largest absolute Gasteiger partial charge is 0.484 e. The number of hydrogen-bond donors (Lipinski definition) is 0. The third-order valence-corrected chi connectivity index (χ3v) is 6.32. The summed E-state index contributed by atoms with van der Waals surface area (Å²) in [6, 6.07) is 9.24. The second kappa shape index (κ2) is 6.72. The van der Waals surface area contributed by atoms with Gasteiger partial charge in [0.25, 0.3) is 5.91 Å². The average molecular weight is 352 g/mol. The fourth-order valence-corrected chi connectivity index (χ4v) is 5.32. The highest BCUT2D eigenvalue weighted by Crippen LogP contribution is 2.38. The van der Waals surface area contributed by atoms with Gasteiger partial charge in [-0.1, -0.05) is 18.2 Å². The molecule has 0 saturated carbocycles. The summed E-state index contributed by atoms with van der Waals surface area (Å²) in [6.07, 6.45) is 4.59. The van der Waals surface area contributed by atoms with Crippen molar-refractivity contribution in [3.63, 3.8) is 0 Å². The molecule has 0 bridgehead atoms. The summed E-state index contributed by atoms with van der Waals surface area (Å²) in [5.41, 5.74) is -0.422. The first kappa shape index (κ1) is 17.2. The first-order chi connectivity index (χ1) is 11.4. The lowest BCUT2D eigenvalue weighted by atomic mass is 9.87. The molecular formula is C17H24N2O4S. The zero-order valence-electron chi connectivity index (χ0n) is 14.0. The molecule has 3 rings (SSSR count). The number of amides is 1. The molecule has 1 amide bonds. The molecule has 2 saturated heterocycles. The lowest BCUT2D eigenvalue weighted by Gasteiger charge is -2.44. The molecule has 132 valence electrons. The van der Waals surface area contributed by atoms with Gasteiger partial charge in [-0.3, -0.25) is 4.79 Å². The third kappa shape index (κ3) is 3.57. The molecule has 2 heterocycles. The van der Waals surface area contributed by atoms with Gasteiger partial charge in [0.2, 0.25) is 10.0 Å². The second-order valence-corrected chi connectivity index (χ2v) is 8.59. The Labute approximate surface area is 143 Å². The van der Waals surface area contributed by atoms with Crippen LogP contribution in [0.15, 0.2) is 30.3 Å². The van der Waals surface area contributed by atoms with Gasteiger partial charge in [-0.25, -0.2) is 8.42 Å². The number of hydrogen-bond acceptors (Lipinski definition) is 4. The van der Waals surface area contributed by atoms with Crippen molar-refractivity contribution in [1.29, 1.82) is 0 Å². The van der Waals surface area contributed by atoms with Crippen LogP contribution in [0.5, 0.6) is 5.75 Å². The molecule has 1 aromatic rings. The Bertz CT molecular complexity index is 692. The molecule has 1 atom stereocenters. The van der Waals surface area contributed by atoms with Gasteiger partial charge >= 0.3 is 0 Å². The molecule has 2 fully saturated rings. The summed E-state index contributed by atoms with van der Waals surface area (Å²) in [4.78, 5) is 14.3. The van der Waals surface area contributed by atoms with Crippen molar-refractivity contribution in [1.82, 2.24) is 9.21 Å². The van der Waals surface area contributed by atoms with Crippen molar-refractivity contribution in [3.05, 3.63) is 30.3 Å². The molecule has 7 heteroatoms. The topological polar surface area (TPSA) is 66.9 Å². The molecule has 0 radical (unpaired) electrons. The monoisotopic (exact) mass is 352 g/mol. The van der Waals surface area contributed by atoms with E-state index in [1.807, 2.05) is 30.3 Å². The smallest absolute Gasteiger partial charge is 0.260 e. The minimum atomic E-state index is -3.25. The van der Waals surface area contributed by atoms with E-state index in [0.717, 1.165) is 25.7 Å². The van der Waals surface area contributed by atoms with Gasteiger partial charge in [0.1, 0.15) is 5.75 Å². The van der Waals surface area contributed by atoms with Gasteiger partial charge in [-0.2, -0.15) is 4.31 Å². The number of rotatable bonds is 4. The van der Waals surface area contributed by atoms with Crippen LogP contribution in [-0.4, -0.2) is 61.6 Å². The number of sulfonamides is 1. The predicted octanol–water partition coefficient (Wildman–Crippen LogP) is 1.48. The van der Waals surface area contributed by atoms with Gasteiger partial charge in [-0.05, 0) is 37.8 Å². The number of carbonyl (C=O) groups excluding carboxylic acids is 1. The molecule has 0 N–H and O–H groups in total. The van der Waals surface area contributed by atoms with E-state index >= 15 is 0 Å². The summed E-state index contributed by atoms with van der Waals surface area (Å²) < 4.78 is 31.3. The maximum absolute atomic E-state index is 12.5. The first-order valence-corrected chi connectivity index (χ1v) is 10.2. The van der Waals surface area contributed by atoms with Gasteiger partial charge < -0.3 is 9.64 Å². The number of nitrogens with zero attached hydrogens (tertiary/aromatic N) is 2. The lowest BCUT2D eigenvalue weighted by molar-refractivity contribution is -0.136.